The summed E-state index contributed by atoms with van der Waals surface area (Å²) in [5.74, 6) is 0.484. The van der Waals surface area contributed by atoms with E-state index in [1.807, 2.05) is 18.7 Å². The molecule has 5 nitrogen and oxygen atoms in total. The van der Waals surface area contributed by atoms with Crippen molar-refractivity contribution in [3.63, 3.8) is 0 Å². The predicted molar refractivity (Wildman–Crippen MR) is 90.8 cm³/mol. The van der Waals surface area contributed by atoms with Gasteiger partial charge in [0.05, 0.1) is 4.90 Å². The third-order valence-electron chi connectivity index (χ3n) is 3.86. The smallest absolute Gasteiger partial charge is 0.240 e. The number of rotatable bonds is 5. The molecule has 0 bridgehead atoms. The highest BCUT2D eigenvalue weighted by atomic mass is 35.5. The average Bonchev–Trinajstić information content (AvgIpc) is 2.47. The molecule has 1 heterocycles. The van der Waals surface area contributed by atoms with Crippen molar-refractivity contribution in [1.29, 1.82) is 0 Å². The zero-order valence-corrected chi connectivity index (χ0v) is 15.0. The van der Waals surface area contributed by atoms with Crippen LogP contribution >= 0.6 is 11.6 Å². The van der Waals surface area contributed by atoms with Crippen LogP contribution in [-0.4, -0.2) is 38.4 Å². The summed E-state index contributed by atoms with van der Waals surface area (Å²) in [7, 11) is -3.58. The van der Waals surface area contributed by atoms with Gasteiger partial charge in [-0.2, -0.15) is 0 Å². The number of piperidine rings is 1. The van der Waals surface area contributed by atoms with Gasteiger partial charge in [-0.25, -0.2) is 13.1 Å². The fourth-order valence-electron chi connectivity index (χ4n) is 2.65. The fourth-order valence-corrected chi connectivity index (χ4v) is 4.25. The molecule has 128 valence electrons. The molecule has 0 unspecified atom stereocenters. The van der Waals surface area contributed by atoms with Gasteiger partial charge in [0.25, 0.3) is 0 Å². The first-order valence-electron chi connectivity index (χ1n) is 7.83. The SMILES string of the molecule is CC(C)CC(=O)N1CCC(NS(=O)(=O)c2cccc(Cl)c2)CC1. The van der Waals surface area contributed by atoms with Gasteiger partial charge in [-0.1, -0.05) is 31.5 Å². The van der Waals surface area contributed by atoms with Crippen LogP contribution in [0.3, 0.4) is 0 Å². The molecule has 1 N–H and O–H groups in total. The Morgan fingerprint density at radius 1 is 1.35 bits per heavy atom. The second-order valence-electron chi connectivity index (χ2n) is 6.33. The average molecular weight is 359 g/mol. The molecule has 1 aromatic rings. The number of amides is 1. The van der Waals surface area contributed by atoms with Crippen LogP contribution in [0.25, 0.3) is 0 Å². The molecule has 1 fully saturated rings. The van der Waals surface area contributed by atoms with Gasteiger partial charge in [0.15, 0.2) is 0 Å². The van der Waals surface area contributed by atoms with E-state index < -0.39 is 10.0 Å². The second kappa shape index (κ2) is 7.64. The number of nitrogens with one attached hydrogen (secondary N) is 1. The van der Waals surface area contributed by atoms with Crippen LogP contribution in [0.15, 0.2) is 29.2 Å². The quantitative estimate of drug-likeness (QED) is 0.879. The topological polar surface area (TPSA) is 66.5 Å². The Balaban J connectivity index is 1.92. The zero-order chi connectivity index (χ0) is 17.0. The summed E-state index contributed by atoms with van der Waals surface area (Å²) < 4.78 is 27.4. The van der Waals surface area contributed by atoms with Crippen LogP contribution in [0.4, 0.5) is 0 Å². The van der Waals surface area contributed by atoms with Crippen LogP contribution in [-0.2, 0) is 14.8 Å². The monoisotopic (exact) mass is 358 g/mol. The molecule has 1 aliphatic rings. The van der Waals surface area contributed by atoms with Gasteiger partial charge < -0.3 is 4.90 Å². The Morgan fingerprint density at radius 3 is 2.57 bits per heavy atom. The molecule has 0 spiro atoms. The number of likely N-dealkylation sites (tertiary alicyclic amines) is 1. The number of benzene rings is 1. The molecule has 0 aromatic heterocycles. The van der Waals surface area contributed by atoms with E-state index >= 15 is 0 Å². The highest BCUT2D eigenvalue weighted by Crippen LogP contribution is 2.19. The molecule has 1 saturated heterocycles. The largest absolute Gasteiger partial charge is 0.343 e. The summed E-state index contributed by atoms with van der Waals surface area (Å²) in [5.41, 5.74) is 0. The Kier molecular flexibility index (Phi) is 6.06. The molecule has 7 heteroatoms. The maximum atomic E-state index is 12.4. The van der Waals surface area contributed by atoms with E-state index in [0.717, 1.165) is 0 Å². The molecule has 0 saturated carbocycles. The van der Waals surface area contributed by atoms with Crippen LogP contribution < -0.4 is 4.72 Å². The molecular weight excluding hydrogens is 336 g/mol. The third kappa shape index (κ3) is 5.19. The van der Waals surface area contributed by atoms with Crippen LogP contribution in [0.1, 0.15) is 33.1 Å². The van der Waals surface area contributed by atoms with Crippen molar-refractivity contribution in [2.24, 2.45) is 5.92 Å². The van der Waals surface area contributed by atoms with Crippen molar-refractivity contribution in [3.8, 4) is 0 Å². The molecule has 0 atom stereocenters. The predicted octanol–water partition coefficient (Wildman–Crippen LogP) is 2.66. The van der Waals surface area contributed by atoms with Gasteiger partial charge >= 0.3 is 0 Å². The summed E-state index contributed by atoms with van der Waals surface area (Å²) in [4.78, 5) is 14.0. The minimum Gasteiger partial charge on any atom is -0.343 e. The molecule has 1 amide bonds. The lowest BCUT2D eigenvalue weighted by Gasteiger charge is -2.32. The van der Waals surface area contributed by atoms with Gasteiger partial charge in [-0.05, 0) is 37.0 Å². The van der Waals surface area contributed by atoms with Crippen molar-refractivity contribution in [3.05, 3.63) is 29.3 Å². The Hall–Kier alpha value is -1.11. The fraction of sp³-hybridized carbons (Fsp3) is 0.562. The second-order valence-corrected chi connectivity index (χ2v) is 8.48. The number of nitrogens with zero attached hydrogens (tertiary/aromatic N) is 1. The summed E-state index contributed by atoms with van der Waals surface area (Å²) >= 11 is 5.85. The van der Waals surface area contributed by atoms with Crippen molar-refractivity contribution in [1.82, 2.24) is 9.62 Å². The lowest BCUT2D eigenvalue weighted by Crippen LogP contribution is -2.46. The zero-order valence-electron chi connectivity index (χ0n) is 13.5. The number of sulfonamides is 1. The number of hydrogen-bond donors (Lipinski definition) is 1. The van der Waals surface area contributed by atoms with Crippen LogP contribution in [0.5, 0.6) is 0 Å². The highest BCUT2D eigenvalue weighted by Gasteiger charge is 2.26. The standard InChI is InChI=1S/C16H23ClN2O3S/c1-12(2)10-16(20)19-8-6-14(7-9-19)18-23(21,22)15-5-3-4-13(17)11-15/h3-5,11-12,14,18H,6-10H2,1-2H3. The first kappa shape index (κ1) is 18.2. The van der Waals surface area contributed by atoms with Crippen molar-refractivity contribution in [2.75, 3.05) is 13.1 Å². The maximum absolute atomic E-state index is 12.4. The van der Waals surface area contributed by atoms with Crippen molar-refractivity contribution < 1.29 is 13.2 Å². The van der Waals surface area contributed by atoms with Crippen LogP contribution in [0.2, 0.25) is 5.02 Å². The van der Waals surface area contributed by atoms with Crippen molar-refractivity contribution in [2.45, 2.75) is 44.0 Å². The molecule has 0 radical (unpaired) electrons. The van der Waals surface area contributed by atoms with Crippen molar-refractivity contribution >= 4 is 27.5 Å². The van der Waals surface area contributed by atoms with E-state index in [-0.39, 0.29) is 16.8 Å². The highest BCUT2D eigenvalue weighted by molar-refractivity contribution is 7.89. The lowest BCUT2D eigenvalue weighted by atomic mass is 10.0. The third-order valence-corrected chi connectivity index (χ3v) is 5.61. The molecule has 2 rings (SSSR count). The molecule has 1 aromatic carbocycles. The van der Waals surface area contributed by atoms with Gasteiger partial charge in [0.2, 0.25) is 15.9 Å². The van der Waals surface area contributed by atoms with E-state index in [1.165, 1.54) is 12.1 Å². The lowest BCUT2D eigenvalue weighted by molar-refractivity contribution is -0.133. The Bertz CT molecular complexity index is 653. The molecular formula is C16H23ClN2O3S. The summed E-state index contributed by atoms with van der Waals surface area (Å²) in [6, 6.07) is 6.06. The van der Waals surface area contributed by atoms with E-state index in [2.05, 4.69) is 4.72 Å². The molecule has 23 heavy (non-hydrogen) atoms. The summed E-state index contributed by atoms with van der Waals surface area (Å²) in [6.45, 7) is 5.22. The molecule has 1 aliphatic heterocycles. The Labute approximate surface area is 143 Å². The minimum absolute atomic E-state index is 0.149. The maximum Gasteiger partial charge on any atom is 0.240 e. The number of halogens is 1. The molecule has 0 aliphatic carbocycles. The number of carbonyl (C=O) groups excluding carboxylic acids is 1. The summed E-state index contributed by atoms with van der Waals surface area (Å²) in [6.07, 6.45) is 1.80. The first-order chi connectivity index (χ1) is 10.8. The first-order valence-corrected chi connectivity index (χ1v) is 9.69. The van der Waals surface area contributed by atoms with E-state index in [9.17, 15) is 13.2 Å². The number of carbonyl (C=O) groups is 1. The summed E-state index contributed by atoms with van der Waals surface area (Å²) in [5, 5.41) is 0.391. The van der Waals surface area contributed by atoms with E-state index in [1.54, 1.807) is 12.1 Å². The van der Waals surface area contributed by atoms with E-state index in [0.29, 0.717) is 43.3 Å². The van der Waals surface area contributed by atoms with Gasteiger partial charge in [-0.3, -0.25) is 4.79 Å². The normalized spacial score (nSPS) is 16.8. The van der Waals surface area contributed by atoms with Gasteiger partial charge in [0, 0.05) is 30.6 Å². The van der Waals surface area contributed by atoms with Gasteiger partial charge in [-0.15, -0.1) is 0 Å². The van der Waals surface area contributed by atoms with Crippen LogP contribution in [0, 0.1) is 5.92 Å². The minimum atomic E-state index is -3.58. The Morgan fingerprint density at radius 2 is 2.00 bits per heavy atom. The van der Waals surface area contributed by atoms with Gasteiger partial charge in [0.1, 0.15) is 0 Å². The van der Waals surface area contributed by atoms with E-state index in [4.69, 9.17) is 11.6 Å². The number of hydrogen-bond acceptors (Lipinski definition) is 3.